The monoisotopic (exact) mass is 168 g/mol. The first-order valence-electron chi connectivity index (χ1n) is 5.00. The number of aliphatic carboxylic acids is 1. The Morgan fingerprint density at radius 3 is 1.67 bits per heavy atom. The molecule has 2 saturated carbocycles. The molecule has 2 heteroatoms. The minimum atomic E-state index is -0.579. The van der Waals surface area contributed by atoms with Gasteiger partial charge in [-0.3, -0.25) is 4.79 Å². The second kappa shape index (κ2) is 3.08. The van der Waals surface area contributed by atoms with E-state index < -0.39 is 5.97 Å². The Hall–Kier alpha value is -0.530. The molecule has 2 aliphatic rings. The second-order valence-electron chi connectivity index (χ2n) is 4.29. The summed E-state index contributed by atoms with van der Waals surface area (Å²) in [4.78, 5) is 10.6. The fourth-order valence-corrected chi connectivity index (χ4v) is 2.41. The van der Waals surface area contributed by atoms with Gasteiger partial charge in [-0.2, -0.15) is 0 Å². The Labute approximate surface area is 73.0 Å². The Balaban J connectivity index is 1.80. The van der Waals surface area contributed by atoms with Crippen molar-refractivity contribution in [1.29, 1.82) is 0 Å². The number of hydrogen-bond donors (Lipinski definition) is 1. The molecular weight excluding hydrogens is 152 g/mol. The third kappa shape index (κ3) is 1.62. The van der Waals surface area contributed by atoms with Crippen molar-refractivity contribution in [2.75, 3.05) is 0 Å². The summed E-state index contributed by atoms with van der Waals surface area (Å²) in [6, 6.07) is 0. The van der Waals surface area contributed by atoms with Crippen molar-refractivity contribution in [1.82, 2.24) is 0 Å². The maximum Gasteiger partial charge on any atom is 0.306 e. The van der Waals surface area contributed by atoms with Gasteiger partial charge >= 0.3 is 5.97 Å². The molecule has 2 nitrogen and oxygen atoms in total. The summed E-state index contributed by atoms with van der Waals surface area (Å²) in [6.45, 7) is 0. The van der Waals surface area contributed by atoms with Crippen LogP contribution in [0.2, 0.25) is 0 Å². The molecular formula is C10H16O2. The SMILES string of the molecule is O=C(O)C1CCC(C2CC2)CC1. The zero-order valence-corrected chi connectivity index (χ0v) is 7.33. The smallest absolute Gasteiger partial charge is 0.306 e. The van der Waals surface area contributed by atoms with Crippen LogP contribution in [0.1, 0.15) is 38.5 Å². The first-order chi connectivity index (χ1) is 5.77. The Kier molecular flexibility index (Phi) is 2.07. The van der Waals surface area contributed by atoms with Crippen LogP contribution in [0.25, 0.3) is 0 Å². The molecule has 0 radical (unpaired) electrons. The molecule has 0 heterocycles. The van der Waals surface area contributed by atoms with Crippen molar-refractivity contribution in [2.45, 2.75) is 38.5 Å². The van der Waals surface area contributed by atoms with Crippen molar-refractivity contribution in [2.24, 2.45) is 17.8 Å². The summed E-state index contributed by atoms with van der Waals surface area (Å²) in [5, 5.41) is 8.78. The summed E-state index contributed by atoms with van der Waals surface area (Å²) in [6.07, 6.45) is 7.00. The highest BCUT2D eigenvalue weighted by atomic mass is 16.4. The van der Waals surface area contributed by atoms with Gasteiger partial charge in [0.2, 0.25) is 0 Å². The topological polar surface area (TPSA) is 37.3 Å². The van der Waals surface area contributed by atoms with E-state index in [1.807, 2.05) is 0 Å². The fraction of sp³-hybridized carbons (Fsp3) is 0.900. The summed E-state index contributed by atoms with van der Waals surface area (Å²) >= 11 is 0. The Morgan fingerprint density at radius 1 is 0.917 bits per heavy atom. The van der Waals surface area contributed by atoms with E-state index in [1.165, 1.54) is 25.7 Å². The lowest BCUT2D eigenvalue weighted by atomic mass is 9.80. The normalized spacial score (nSPS) is 36.3. The first-order valence-corrected chi connectivity index (χ1v) is 5.00. The maximum atomic E-state index is 10.6. The van der Waals surface area contributed by atoms with Gasteiger partial charge in [-0.1, -0.05) is 0 Å². The molecule has 0 aromatic carbocycles. The molecule has 0 aromatic rings. The summed E-state index contributed by atoms with van der Waals surface area (Å²) in [7, 11) is 0. The highest BCUT2D eigenvalue weighted by molar-refractivity contribution is 5.69. The fourth-order valence-electron chi connectivity index (χ4n) is 2.41. The molecule has 12 heavy (non-hydrogen) atoms. The van der Waals surface area contributed by atoms with Gasteiger partial charge < -0.3 is 5.11 Å². The molecule has 0 aliphatic heterocycles. The van der Waals surface area contributed by atoms with Crippen molar-refractivity contribution >= 4 is 5.97 Å². The largest absolute Gasteiger partial charge is 0.481 e. The van der Waals surface area contributed by atoms with E-state index >= 15 is 0 Å². The van der Waals surface area contributed by atoms with Crippen molar-refractivity contribution in [3.63, 3.8) is 0 Å². The zero-order chi connectivity index (χ0) is 8.55. The van der Waals surface area contributed by atoms with Gasteiger partial charge in [-0.25, -0.2) is 0 Å². The van der Waals surface area contributed by atoms with Crippen LogP contribution in [-0.2, 0) is 4.79 Å². The molecule has 1 N–H and O–H groups in total. The standard InChI is InChI=1S/C10H16O2/c11-10(12)9-5-3-8(4-6-9)7-1-2-7/h7-9H,1-6H2,(H,11,12). The molecule has 0 atom stereocenters. The van der Waals surface area contributed by atoms with E-state index in [-0.39, 0.29) is 5.92 Å². The minimum absolute atomic E-state index is 0.0278. The highest BCUT2D eigenvalue weighted by Gasteiger charge is 2.35. The van der Waals surface area contributed by atoms with E-state index in [0.29, 0.717) is 0 Å². The average Bonchev–Trinajstić information content (AvgIpc) is 2.87. The van der Waals surface area contributed by atoms with Crippen LogP contribution in [0.4, 0.5) is 0 Å². The van der Waals surface area contributed by atoms with E-state index in [9.17, 15) is 4.79 Å². The average molecular weight is 168 g/mol. The molecule has 0 unspecified atom stereocenters. The van der Waals surface area contributed by atoms with Gasteiger partial charge in [0.05, 0.1) is 5.92 Å². The van der Waals surface area contributed by atoms with Crippen LogP contribution in [-0.4, -0.2) is 11.1 Å². The first kappa shape index (κ1) is 8.09. The molecule has 2 rings (SSSR count). The quantitative estimate of drug-likeness (QED) is 0.686. The van der Waals surface area contributed by atoms with Gasteiger partial charge in [0.25, 0.3) is 0 Å². The number of carbonyl (C=O) groups is 1. The number of carboxylic acids is 1. The molecule has 0 spiro atoms. The molecule has 0 amide bonds. The van der Waals surface area contributed by atoms with Gasteiger partial charge in [0, 0.05) is 0 Å². The summed E-state index contributed by atoms with van der Waals surface area (Å²) in [5.74, 6) is 1.24. The molecule has 68 valence electrons. The van der Waals surface area contributed by atoms with Crippen LogP contribution >= 0.6 is 0 Å². The van der Waals surface area contributed by atoms with E-state index in [1.54, 1.807) is 0 Å². The molecule has 0 saturated heterocycles. The zero-order valence-electron chi connectivity index (χ0n) is 7.33. The highest BCUT2D eigenvalue weighted by Crippen LogP contribution is 2.44. The van der Waals surface area contributed by atoms with Crippen molar-refractivity contribution < 1.29 is 9.90 Å². The minimum Gasteiger partial charge on any atom is -0.481 e. The third-order valence-corrected chi connectivity index (χ3v) is 3.41. The lowest BCUT2D eigenvalue weighted by Gasteiger charge is -2.25. The van der Waals surface area contributed by atoms with Crippen LogP contribution in [0.3, 0.4) is 0 Å². The van der Waals surface area contributed by atoms with Crippen LogP contribution < -0.4 is 0 Å². The van der Waals surface area contributed by atoms with Crippen LogP contribution in [0, 0.1) is 17.8 Å². The maximum absolute atomic E-state index is 10.6. The van der Waals surface area contributed by atoms with E-state index in [0.717, 1.165) is 24.7 Å². The number of rotatable bonds is 2. The predicted octanol–water partition coefficient (Wildman–Crippen LogP) is 2.29. The van der Waals surface area contributed by atoms with E-state index in [2.05, 4.69) is 0 Å². The molecule has 0 aromatic heterocycles. The van der Waals surface area contributed by atoms with Gasteiger partial charge in [-0.05, 0) is 50.4 Å². The van der Waals surface area contributed by atoms with Crippen molar-refractivity contribution in [3.05, 3.63) is 0 Å². The predicted molar refractivity (Wildman–Crippen MR) is 45.8 cm³/mol. The Morgan fingerprint density at radius 2 is 1.33 bits per heavy atom. The van der Waals surface area contributed by atoms with Gasteiger partial charge in [0.15, 0.2) is 0 Å². The van der Waals surface area contributed by atoms with E-state index in [4.69, 9.17) is 5.11 Å². The van der Waals surface area contributed by atoms with Crippen molar-refractivity contribution in [3.8, 4) is 0 Å². The van der Waals surface area contributed by atoms with Crippen LogP contribution in [0.15, 0.2) is 0 Å². The molecule has 2 fully saturated rings. The van der Waals surface area contributed by atoms with Crippen LogP contribution in [0.5, 0.6) is 0 Å². The number of hydrogen-bond acceptors (Lipinski definition) is 1. The Bertz CT molecular complexity index is 176. The molecule has 0 bridgehead atoms. The lowest BCUT2D eigenvalue weighted by molar-refractivity contribution is -0.143. The summed E-state index contributed by atoms with van der Waals surface area (Å²) in [5.41, 5.74) is 0. The molecule has 2 aliphatic carbocycles. The third-order valence-electron chi connectivity index (χ3n) is 3.41. The van der Waals surface area contributed by atoms with Gasteiger partial charge in [-0.15, -0.1) is 0 Å². The van der Waals surface area contributed by atoms with Gasteiger partial charge in [0.1, 0.15) is 0 Å². The lowest BCUT2D eigenvalue weighted by Crippen LogP contribution is -2.22. The summed E-state index contributed by atoms with van der Waals surface area (Å²) < 4.78 is 0. The second-order valence-corrected chi connectivity index (χ2v) is 4.29. The number of carboxylic acid groups (broad SMARTS) is 1.